The maximum Gasteiger partial charge on any atom is 0.191 e. The number of guanidine groups is 1. The normalized spacial score (nSPS) is 20.0. The molecule has 0 amide bonds. The lowest BCUT2D eigenvalue weighted by molar-refractivity contribution is -0.0265. The zero-order valence-corrected chi connectivity index (χ0v) is 19.3. The van der Waals surface area contributed by atoms with Crippen molar-refractivity contribution in [3.63, 3.8) is 0 Å². The van der Waals surface area contributed by atoms with E-state index in [1.807, 2.05) is 19.5 Å². The van der Waals surface area contributed by atoms with E-state index in [2.05, 4.69) is 51.8 Å². The smallest absolute Gasteiger partial charge is 0.191 e. The highest BCUT2D eigenvalue weighted by atomic mass is 127. The molecule has 0 bridgehead atoms. The van der Waals surface area contributed by atoms with Gasteiger partial charge in [0.25, 0.3) is 0 Å². The summed E-state index contributed by atoms with van der Waals surface area (Å²) in [6, 6.07) is 8.71. The molecule has 2 atom stereocenters. The second-order valence-electron chi connectivity index (χ2n) is 6.77. The van der Waals surface area contributed by atoms with Gasteiger partial charge < -0.3 is 15.4 Å². The molecule has 1 saturated heterocycles. The predicted octanol–water partition coefficient (Wildman–Crippen LogP) is 4.21. The second-order valence-corrected chi connectivity index (χ2v) is 7.71. The number of rotatable bonds is 5. The lowest BCUT2D eigenvalue weighted by atomic mass is 9.89. The number of nitrogens with zero attached hydrogens (tertiary/aromatic N) is 2. The van der Waals surface area contributed by atoms with E-state index in [1.165, 1.54) is 16.0 Å². The summed E-state index contributed by atoms with van der Waals surface area (Å²) in [5.41, 5.74) is 5.51. The summed E-state index contributed by atoms with van der Waals surface area (Å²) in [7, 11) is 1.81. The maximum atomic E-state index is 6.11. The Morgan fingerprint density at radius 3 is 2.70 bits per heavy atom. The van der Waals surface area contributed by atoms with Crippen molar-refractivity contribution in [2.45, 2.75) is 39.3 Å². The first-order valence-corrected chi connectivity index (χ1v) is 10.1. The maximum absolute atomic E-state index is 6.11. The second kappa shape index (κ2) is 11.0. The Hall–Kier alpha value is -1.19. The molecule has 7 heteroatoms. The fourth-order valence-electron chi connectivity index (χ4n) is 3.29. The minimum absolute atomic E-state index is 0. The van der Waals surface area contributed by atoms with E-state index in [4.69, 9.17) is 4.74 Å². The fraction of sp³-hybridized carbons (Fsp3) is 0.500. The van der Waals surface area contributed by atoms with Gasteiger partial charge in [-0.3, -0.25) is 4.99 Å². The van der Waals surface area contributed by atoms with E-state index >= 15 is 0 Å². The standard InChI is InChI=1S/C20H28N4OS.HI/c1-14-6-8-16(9-7-14)19-17(5-4-10-25-19)11-22-20(21-3)23-12-18-15(2)24-13-26-18;/h6-9,13,17,19H,4-5,10-12H2,1-3H3,(H2,21,22,23);1H. The third-order valence-corrected chi connectivity index (χ3v) is 5.80. The number of aryl methyl sites for hydroxylation is 2. The largest absolute Gasteiger partial charge is 0.373 e. The molecule has 1 aromatic carbocycles. The van der Waals surface area contributed by atoms with E-state index in [-0.39, 0.29) is 30.1 Å². The fourth-order valence-corrected chi connectivity index (χ4v) is 4.00. The first kappa shape index (κ1) is 22.1. The highest BCUT2D eigenvalue weighted by Crippen LogP contribution is 2.33. The molecule has 3 rings (SSSR count). The lowest BCUT2D eigenvalue weighted by Gasteiger charge is -2.32. The Kier molecular flexibility index (Phi) is 8.98. The first-order valence-electron chi connectivity index (χ1n) is 9.19. The molecule has 0 aliphatic carbocycles. The Labute approximate surface area is 183 Å². The van der Waals surface area contributed by atoms with Crippen LogP contribution in [0.15, 0.2) is 34.8 Å². The van der Waals surface area contributed by atoms with Crippen molar-refractivity contribution in [3.05, 3.63) is 51.5 Å². The molecule has 2 unspecified atom stereocenters. The number of aromatic nitrogens is 1. The van der Waals surface area contributed by atoms with Gasteiger partial charge in [-0.05, 0) is 32.3 Å². The quantitative estimate of drug-likeness (QED) is 0.367. The summed E-state index contributed by atoms with van der Waals surface area (Å²) in [6.07, 6.45) is 2.43. The van der Waals surface area contributed by atoms with Crippen molar-refractivity contribution in [1.82, 2.24) is 15.6 Å². The van der Waals surface area contributed by atoms with Crippen molar-refractivity contribution >= 4 is 41.3 Å². The van der Waals surface area contributed by atoms with Gasteiger partial charge in [0.15, 0.2) is 5.96 Å². The average Bonchev–Trinajstić information content (AvgIpc) is 3.08. The minimum Gasteiger partial charge on any atom is -0.373 e. The van der Waals surface area contributed by atoms with Gasteiger partial charge in [-0.15, -0.1) is 35.3 Å². The van der Waals surface area contributed by atoms with Crippen molar-refractivity contribution < 1.29 is 4.74 Å². The van der Waals surface area contributed by atoms with E-state index in [1.54, 1.807) is 11.3 Å². The van der Waals surface area contributed by atoms with E-state index in [0.29, 0.717) is 5.92 Å². The Bertz CT molecular complexity index is 732. The van der Waals surface area contributed by atoms with Crippen molar-refractivity contribution in [2.75, 3.05) is 20.2 Å². The zero-order chi connectivity index (χ0) is 18.4. The zero-order valence-electron chi connectivity index (χ0n) is 16.2. The molecule has 0 radical (unpaired) electrons. The number of halogens is 1. The van der Waals surface area contributed by atoms with Crippen LogP contribution in [0.25, 0.3) is 0 Å². The van der Waals surface area contributed by atoms with Gasteiger partial charge in [0.05, 0.1) is 23.9 Å². The van der Waals surface area contributed by atoms with Crippen LogP contribution in [0.2, 0.25) is 0 Å². The van der Waals surface area contributed by atoms with Gasteiger partial charge in [0.2, 0.25) is 0 Å². The average molecular weight is 500 g/mol. The summed E-state index contributed by atoms with van der Waals surface area (Å²) >= 11 is 1.67. The van der Waals surface area contributed by atoms with Crippen molar-refractivity contribution in [3.8, 4) is 0 Å². The molecule has 1 aromatic heterocycles. The highest BCUT2D eigenvalue weighted by molar-refractivity contribution is 14.0. The molecule has 0 spiro atoms. The Balaban J connectivity index is 0.00000261. The first-order chi connectivity index (χ1) is 12.7. The Morgan fingerprint density at radius 1 is 1.26 bits per heavy atom. The number of thiazole rings is 1. The topological polar surface area (TPSA) is 58.5 Å². The highest BCUT2D eigenvalue weighted by Gasteiger charge is 2.27. The predicted molar refractivity (Wildman–Crippen MR) is 123 cm³/mol. The summed E-state index contributed by atoms with van der Waals surface area (Å²) in [6.45, 7) is 6.59. The van der Waals surface area contributed by atoms with Gasteiger partial charge in [-0.2, -0.15) is 0 Å². The summed E-state index contributed by atoms with van der Waals surface area (Å²) in [4.78, 5) is 9.88. The van der Waals surface area contributed by atoms with E-state index in [9.17, 15) is 0 Å². The van der Waals surface area contributed by atoms with Crippen LogP contribution >= 0.6 is 35.3 Å². The number of hydrogen-bond acceptors (Lipinski definition) is 4. The van der Waals surface area contributed by atoms with Crippen LogP contribution in [0.1, 0.15) is 40.6 Å². The molecule has 5 nitrogen and oxygen atoms in total. The molecule has 2 N–H and O–H groups in total. The number of benzene rings is 1. The van der Waals surface area contributed by atoms with Crippen LogP contribution in [-0.4, -0.2) is 31.1 Å². The molecule has 1 aliphatic heterocycles. The summed E-state index contributed by atoms with van der Waals surface area (Å²) in [5.74, 6) is 1.26. The van der Waals surface area contributed by atoms with Crippen molar-refractivity contribution in [1.29, 1.82) is 0 Å². The SMILES string of the molecule is CN=C(NCc1scnc1C)NCC1CCCOC1c1ccc(C)cc1.I. The van der Waals surface area contributed by atoms with Crippen LogP contribution < -0.4 is 10.6 Å². The molecular formula is C20H29IN4OS. The molecule has 2 heterocycles. The van der Waals surface area contributed by atoms with E-state index in [0.717, 1.165) is 44.2 Å². The summed E-state index contributed by atoms with van der Waals surface area (Å²) in [5, 5.41) is 6.86. The van der Waals surface area contributed by atoms with Gasteiger partial charge in [-0.25, -0.2) is 4.98 Å². The van der Waals surface area contributed by atoms with Crippen molar-refractivity contribution in [2.24, 2.45) is 10.9 Å². The molecular weight excluding hydrogens is 471 g/mol. The van der Waals surface area contributed by atoms with Gasteiger partial charge in [-0.1, -0.05) is 29.8 Å². The minimum atomic E-state index is 0. The molecule has 27 heavy (non-hydrogen) atoms. The molecule has 2 aromatic rings. The van der Waals surface area contributed by atoms with Crippen LogP contribution in [0.3, 0.4) is 0 Å². The number of hydrogen-bond donors (Lipinski definition) is 2. The summed E-state index contributed by atoms with van der Waals surface area (Å²) < 4.78 is 6.11. The number of ether oxygens (including phenoxy) is 1. The lowest BCUT2D eigenvalue weighted by Crippen LogP contribution is -2.41. The number of aliphatic imine (C=N–C) groups is 1. The third-order valence-electron chi connectivity index (χ3n) is 4.87. The van der Waals surface area contributed by atoms with Crippen LogP contribution in [0, 0.1) is 19.8 Å². The molecule has 1 fully saturated rings. The molecule has 1 aliphatic rings. The Morgan fingerprint density at radius 2 is 2.04 bits per heavy atom. The molecule has 148 valence electrons. The molecule has 0 saturated carbocycles. The van der Waals surface area contributed by atoms with Gasteiger partial charge in [0, 0.05) is 31.0 Å². The number of nitrogens with one attached hydrogen (secondary N) is 2. The van der Waals surface area contributed by atoms with Crippen LogP contribution in [-0.2, 0) is 11.3 Å². The van der Waals surface area contributed by atoms with E-state index < -0.39 is 0 Å². The third kappa shape index (κ3) is 6.15. The van der Waals surface area contributed by atoms with Crippen LogP contribution in [0.5, 0.6) is 0 Å². The van der Waals surface area contributed by atoms with Gasteiger partial charge >= 0.3 is 0 Å². The van der Waals surface area contributed by atoms with Crippen LogP contribution in [0.4, 0.5) is 0 Å². The van der Waals surface area contributed by atoms with Gasteiger partial charge in [0.1, 0.15) is 0 Å². The monoisotopic (exact) mass is 500 g/mol.